The predicted molar refractivity (Wildman–Crippen MR) is 120 cm³/mol. The average Bonchev–Trinajstić information content (AvgIpc) is 3.34. The van der Waals surface area contributed by atoms with Crippen LogP contribution in [0.5, 0.6) is 0 Å². The van der Waals surface area contributed by atoms with Gasteiger partial charge >= 0.3 is 0 Å². The molecule has 2 aliphatic heterocycles. The topological polar surface area (TPSA) is 66.8 Å². The average molecular weight is 435 g/mol. The highest BCUT2D eigenvalue weighted by molar-refractivity contribution is 8.16. The molecule has 0 spiro atoms. The highest BCUT2D eigenvalue weighted by Gasteiger charge is 2.49. The van der Waals surface area contributed by atoms with Gasteiger partial charge in [-0.25, -0.2) is 8.42 Å². The molecule has 7 heteroatoms. The Bertz CT molecular complexity index is 887. The number of rotatable bonds is 5. The van der Waals surface area contributed by atoms with Crippen molar-refractivity contribution in [3.8, 4) is 0 Å². The number of fused-ring (bicyclic) bond motifs is 1. The highest BCUT2D eigenvalue weighted by Crippen LogP contribution is 2.41. The third-order valence-electron chi connectivity index (χ3n) is 6.37. The Kier molecular flexibility index (Phi) is 6.07. The maximum Gasteiger partial charge on any atom is 0.248 e. The van der Waals surface area contributed by atoms with E-state index in [4.69, 9.17) is 0 Å². The van der Waals surface area contributed by atoms with Gasteiger partial charge in [0.15, 0.2) is 15.0 Å². The van der Waals surface area contributed by atoms with Crippen LogP contribution in [0.1, 0.15) is 63.9 Å². The molecule has 2 atom stereocenters. The monoisotopic (exact) mass is 434 g/mol. The number of amidine groups is 1. The van der Waals surface area contributed by atoms with Crippen LogP contribution in [0.15, 0.2) is 29.3 Å². The molecule has 3 aliphatic rings. The van der Waals surface area contributed by atoms with E-state index in [-0.39, 0.29) is 28.7 Å². The van der Waals surface area contributed by atoms with E-state index in [0.717, 1.165) is 12.1 Å². The maximum atomic E-state index is 12.6. The summed E-state index contributed by atoms with van der Waals surface area (Å²) in [5, 5.41) is 0.620. The number of anilines is 1. The van der Waals surface area contributed by atoms with Crippen molar-refractivity contribution in [2.24, 2.45) is 10.9 Å². The molecule has 158 valence electrons. The zero-order valence-corrected chi connectivity index (χ0v) is 18.8. The fourth-order valence-corrected chi connectivity index (χ4v) is 8.61. The molecule has 4 rings (SSSR count). The van der Waals surface area contributed by atoms with E-state index in [1.165, 1.54) is 43.0 Å². The quantitative estimate of drug-likeness (QED) is 0.688. The summed E-state index contributed by atoms with van der Waals surface area (Å²) in [5.74, 6) is 1.32. The van der Waals surface area contributed by atoms with E-state index in [1.54, 1.807) is 0 Å². The lowest BCUT2D eigenvalue weighted by Gasteiger charge is -2.25. The van der Waals surface area contributed by atoms with Gasteiger partial charge in [0.05, 0.1) is 17.5 Å². The van der Waals surface area contributed by atoms with Crippen molar-refractivity contribution in [1.29, 1.82) is 0 Å². The number of hydrogen-bond acceptors (Lipinski definition) is 4. The Labute approximate surface area is 178 Å². The van der Waals surface area contributed by atoms with Crippen LogP contribution in [0.2, 0.25) is 0 Å². The summed E-state index contributed by atoms with van der Waals surface area (Å²) in [6, 6.07) is 8.09. The second-order valence-electron chi connectivity index (χ2n) is 8.89. The minimum atomic E-state index is -3.04. The van der Waals surface area contributed by atoms with E-state index in [1.807, 2.05) is 17.0 Å². The summed E-state index contributed by atoms with van der Waals surface area (Å²) in [6.45, 7) is 4.30. The molecule has 0 bridgehead atoms. The van der Waals surface area contributed by atoms with Gasteiger partial charge in [0, 0.05) is 17.4 Å². The third kappa shape index (κ3) is 4.71. The molecule has 0 N–H and O–H groups in total. The first-order valence-electron chi connectivity index (χ1n) is 10.7. The minimum absolute atomic E-state index is 0.0499. The van der Waals surface area contributed by atoms with E-state index < -0.39 is 9.84 Å². The van der Waals surface area contributed by atoms with Gasteiger partial charge in [0.2, 0.25) is 5.91 Å². The molecular formula is C22H30N2O3S2. The fourth-order valence-electron chi connectivity index (χ4n) is 4.68. The standard InChI is InChI=1S/C22H30N2O3S2/c1-15(2)17-8-10-18(11-9-17)24-19-13-29(26,27)14-20(19)28-22(24)23-21(25)12-7-16-5-3-4-6-16/h8-11,15-16,19-20H,3-7,12-14H2,1-2H3/t19-,20+/m0/s1. The first kappa shape index (κ1) is 20.9. The van der Waals surface area contributed by atoms with E-state index in [9.17, 15) is 13.2 Å². The minimum Gasteiger partial charge on any atom is -0.316 e. The summed E-state index contributed by atoms with van der Waals surface area (Å²) < 4.78 is 24.4. The van der Waals surface area contributed by atoms with Crippen LogP contribution < -0.4 is 4.90 Å². The van der Waals surface area contributed by atoms with Crippen molar-refractivity contribution < 1.29 is 13.2 Å². The summed E-state index contributed by atoms with van der Waals surface area (Å²) in [4.78, 5) is 19.0. The zero-order valence-electron chi connectivity index (χ0n) is 17.2. The Balaban J connectivity index is 1.55. The molecule has 0 aromatic heterocycles. The second-order valence-corrected chi connectivity index (χ2v) is 12.3. The van der Waals surface area contributed by atoms with Gasteiger partial charge < -0.3 is 4.90 Å². The molecule has 0 radical (unpaired) electrons. The van der Waals surface area contributed by atoms with Crippen LogP contribution in [0.25, 0.3) is 0 Å². The summed E-state index contributed by atoms with van der Waals surface area (Å²) in [5.41, 5.74) is 2.16. The van der Waals surface area contributed by atoms with Crippen LogP contribution in [0, 0.1) is 5.92 Å². The Morgan fingerprint density at radius 3 is 2.52 bits per heavy atom. The van der Waals surface area contributed by atoms with Gasteiger partial charge in [0.25, 0.3) is 0 Å². The van der Waals surface area contributed by atoms with Crippen molar-refractivity contribution in [2.45, 2.75) is 69.6 Å². The number of carbonyl (C=O) groups is 1. The number of aliphatic imine (C=N–C) groups is 1. The molecule has 1 aliphatic carbocycles. The number of nitrogens with zero attached hydrogens (tertiary/aromatic N) is 2. The largest absolute Gasteiger partial charge is 0.316 e. The molecular weight excluding hydrogens is 404 g/mol. The van der Waals surface area contributed by atoms with E-state index >= 15 is 0 Å². The molecule has 1 saturated carbocycles. The van der Waals surface area contributed by atoms with Gasteiger partial charge in [0.1, 0.15) is 0 Å². The van der Waals surface area contributed by atoms with Crippen molar-refractivity contribution >= 4 is 38.4 Å². The molecule has 29 heavy (non-hydrogen) atoms. The van der Waals surface area contributed by atoms with Crippen LogP contribution in [0.3, 0.4) is 0 Å². The Morgan fingerprint density at radius 2 is 1.86 bits per heavy atom. The summed E-state index contributed by atoms with van der Waals surface area (Å²) >= 11 is 1.46. The first-order valence-corrected chi connectivity index (χ1v) is 13.4. The van der Waals surface area contributed by atoms with Gasteiger partial charge in [-0.05, 0) is 36.0 Å². The zero-order chi connectivity index (χ0) is 20.6. The lowest BCUT2D eigenvalue weighted by Crippen LogP contribution is -2.37. The predicted octanol–water partition coefficient (Wildman–Crippen LogP) is 4.38. The SMILES string of the molecule is CC(C)c1ccc(N2C(=NC(=O)CCC3CCCC3)S[C@@H]3CS(=O)(=O)C[C@@H]32)cc1. The number of thioether (sulfide) groups is 1. The van der Waals surface area contributed by atoms with Crippen LogP contribution in [-0.2, 0) is 14.6 Å². The van der Waals surface area contributed by atoms with E-state index in [2.05, 4.69) is 31.0 Å². The highest BCUT2D eigenvalue weighted by atomic mass is 32.2. The molecule has 1 amide bonds. The number of sulfone groups is 1. The van der Waals surface area contributed by atoms with Crippen LogP contribution in [0.4, 0.5) is 5.69 Å². The third-order valence-corrected chi connectivity index (χ3v) is 9.58. The van der Waals surface area contributed by atoms with Crippen LogP contribution in [-0.4, -0.2) is 42.3 Å². The van der Waals surface area contributed by atoms with Gasteiger partial charge in [-0.15, -0.1) is 0 Å². The molecule has 2 saturated heterocycles. The van der Waals surface area contributed by atoms with Gasteiger partial charge in [-0.1, -0.05) is 63.4 Å². The fraction of sp³-hybridized carbons (Fsp3) is 0.636. The molecule has 1 aromatic rings. The lowest BCUT2D eigenvalue weighted by atomic mass is 10.0. The number of amides is 1. The Morgan fingerprint density at radius 1 is 1.17 bits per heavy atom. The normalized spacial score (nSPS) is 27.8. The molecule has 0 unspecified atom stereocenters. The van der Waals surface area contributed by atoms with Crippen molar-refractivity contribution in [2.75, 3.05) is 16.4 Å². The summed E-state index contributed by atoms with van der Waals surface area (Å²) in [6.07, 6.45) is 6.43. The van der Waals surface area contributed by atoms with Gasteiger partial charge in [-0.3, -0.25) is 4.79 Å². The van der Waals surface area contributed by atoms with Crippen molar-refractivity contribution in [3.05, 3.63) is 29.8 Å². The first-order chi connectivity index (χ1) is 13.8. The lowest BCUT2D eigenvalue weighted by molar-refractivity contribution is -0.118. The molecule has 5 nitrogen and oxygen atoms in total. The number of hydrogen-bond donors (Lipinski definition) is 0. The van der Waals surface area contributed by atoms with Crippen molar-refractivity contribution in [3.63, 3.8) is 0 Å². The number of benzene rings is 1. The second kappa shape index (κ2) is 8.42. The molecule has 3 fully saturated rings. The number of carbonyl (C=O) groups excluding carboxylic acids is 1. The molecule has 2 heterocycles. The Hall–Kier alpha value is -1.34. The van der Waals surface area contributed by atoms with Crippen molar-refractivity contribution in [1.82, 2.24) is 0 Å². The van der Waals surface area contributed by atoms with Crippen LogP contribution >= 0.6 is 11.8 Å². The smallest absolute Gasteiger partial charge is 0.248 e. The maximum absolute atomic E-state index is 12.6. The van der Waals surface area contributed by atoms with E-state index in [0.29, 0.717) is 23.4 Å². The molecule has 1 aromatic carbocycles. The van der Waals surface area contributed by atoms with Gasteiger partial charge in [-0.2, -0.15) is 4.99 Å². The summed E-state index contributed by atoms with van der Waals surface area (Å²) in [7, 11) is -3.04.